The summed E-state index contributed by atoms with van der Waals surface area (Å²) in [4.78, 5) is 2.10. The molecule has 3 rings (SSSR count). The van der Waals surface area contributed by atoms with Crippen molar-refractivity contribution in [3.05, 3.63) is 18.4 Å². The van der Waals surface area contributed by atoms with Gasteiger partial charge in [-0.15, -0.1) is 0 Å². The minimum Gasteiger partial charge on any atom is -0.449 e. The average Bonchev–Trinajstić information content (AvgIpc) is 3.02. The predicted octanol–water partition coefficient (Wildman–Crippen LogP) is 2.06. The normalized spacial score (nSPS) is 23.1. The van der Waals surface area contributed by atoms with Crippen molar-refractivity contribution in [3.63, 3.8) is 0 Å². The number of piperazine rings is 1. The highest BCUT2D eigenvalue weighted by Gasteiger charge is 2.34. The molecule has 1 aliphatic heterocycles. The third-order valence-corrected chi connectivity index (χ3v) is 6.79. The summed E-state index contributed by atoms with van der Waals surface area (Å²) in [5.41, 5.74) is 0. The van der Waals surface area contributed by atoms with Crippen molar-refractivity contribution >= 4 is 15.9 Å². The lowest BCUT2D eigenvalue weighted by Gasteiger charge is -2.36. The van der Waals surface area contributed by atoms with Gasteiger partial charge in [0.1, 0.15) is 0 Å². The van der Waals surface area contributed by atoms with E-state index < -0.39 is 10.0 Å². The van der Waals surface area contributed by atoms with Gasteiger partial charge in [-0.3, -0.25) is 0 Å². The fourth-order valence-electron chi connectivity index (χ4n) is 3.19. The van der Waals surface area contributed by atoms with E-state index in [1.54, 1.807) is 10.6 Å². The second kappa shape index (κ2) is 5.77. The molecule has 6 heteroatoms. The van der Waals surface area contributed by atoms with Crippen LogP contribution in [0.2, 0.25) is 0 Å². The Bertz CT molecular complexity index is 513. The van der Waals surface area contributed by atoms with Crippen LogP contribution in [0, 0.1) is 0 Å². The quantitative estimate of drug-likeness (QED) is 0.857. The first-order chi connectivity index (χ1) is 9.68. The molecular weight excluding hydrogens is 276 g/mol. The number of rotatable bonds is 3. The minimum absolute atomic E-state index is 0.147. The number of hydrogen-bond donors (Lipinski definition) is 0. The fraction of sp³-hybridized carbons (Fsp3) is 0.714. The smallest absolute Gasteiger partial charge is 0.217 e. The van der Waals surface area contributed by atoms with Crippen LogP contribution in [0.1, 0.15) is 32.1 Å². The lowest BCUT2D eigenvalue weighted by Crippen LogP contribution is -2.51. The van der Waals surface area contributed by atoms with Gasteiger partial charge in [0.2, 0.25) is 10.0 Å². The number of anilines is 1. The van der Waals surface area contributed by atoms with Crippen molar-refractivity contribution in [2.75, 3.05) is 31.1 Å². The lowest BCUT2D eigenvalue weighted by molar-refractivity contribution is 0.359. The Balaban J connectivity index is 1.62. The van der Waals surface area contributed by atoms with Gasteiger partial charge in [-0.1, -0.05) is 19.3 Å². The van der Waals surface area contributed by atoms with Gasteiger partial charge in [0.25, 0.3) is 0 Å². The SMILES string of the molecule is O=S(=O)(C1CCCCC1)N1CCN(c2ccco2)CC1. The maximum Gasteiger partial charge on any atom is 0.217 e. The average molecular weight is 298 g/mol. The standard InChI is InChI=1S/C14H22N2O3S/c17-20(18,13-5-2-1-3-6-13)16-10-8-15(9-11-16)14-7-4-12-19-14/h4,7,12-13H,1-3,5-6,8-11H2. The Morgan fingerprint density at radius 2 is 1.75 bits per heavy atom. The molecule has 0 spiro atoms. The zero-order chi connectivity index (χ0) is 14.0. The molecule has 0 aromatic carbocycles. The maximum absolute atomic E-state index is 12.6. The van der Waals surface area contributed by atoms with E-state index in [4.69, 9.17) is 4.42 Å². The molecule has 20 heavy (non-hydrogen) atoms. The molecule has 0 atom stereocenters. The van der Waals surface area contributed by atoms with Crippen molar-refractivity contribution in [1.82, 2.24) is 4.31 Å². The van der Waals surface area contributed by atoms with Crippen molar-refractivity contribution in [1.29, 1.82) is 0 Å². The fourth-order valence-corrected chi connectivity index (χ4v) is 5.21. The summed E-state index contributed by atoms with van der Waals surface area (Å²) in [5.74, 6) is 0.833. The zero-order valence-corrected chi connectivity index (χ0v) is 12.5. The molecule has 0 bridgehead atoms. The first kappa shape index (κ1) is 13.9. The highest BCUT2D eigenvalue weighted by atomic mass is 32.2. The van der Waals surface area contributed by atoms with Crippen LogP contribution in [-0.4, -0.2) is 44.2 Å². The second-order valence-corrected chi connectivity index (χ2v) is 7.86. The van der Waals surface area contributed by atoms with Crippen molar-refractivity contribution in [2.45, 2.75) is 37.4 Å². The molecule has 2 fully saturated rings. The maximum atomic E-state index is 12.6. The summed E-state index contributed by atoms with van der Waals surface area (Å²) in [6, 6.07) is 3.78. The van der Waals surface area contributed by atoms with Crippen molar-refractivity contribution in [3.8, 4) is 0 Å². The molecule has 1 aliphatic carbocycles. The van der Waals surface area contributed by atoms with Crippen molar-refractivity contribution in [2.24, 2.45) is 0 Å². The van der Waals surface area contributed by atoms with Gasteiger partial charge < -0.3 is 9.32 Å². The third kappa shape index (κ3) is 2.72. The molecular formula is C14H22N2O3S. The van der Waals surface area contributed by atoms with E-state index in [2.05, 4.69) is 4.90 Å². The highest BCUT2D eigenvalue weighted by molar-refractivity contribution is 7.89. The molecule has 0 radical (unpaired) electrons. The molecule has 0 unspecified atom stereocenters. The molecule has 1 saturated heterocycles. The van der Waals surface area contributed by atoms with E-state index in [1.165, 1.54) is 6.42 Å². The Kier molecular flexibility index (Phi) is 4.03. The topological polar surface area (TPSA) is 53.8 Å². The summed E-state index contributed by atoms with van der Waals surface area (Å²) in [5, 5.41) is -0.147. The van der Waals surface area contributed by atoms with Crippen LogP contribution in [0.15, 0.2) is 22.8 Å². The molecule has 0 N–H and O–H groups in total. The van der Waals surface area contributed by atoms with E-state index in [-0.39, 0.29) is 5.25 Å². The molecule has 5 nitrogen and oxygen atoms in total. The second-order valence-electron chi connectivity index (χ2n) is 5.64. The van der Waals surface area contributed by atoms with Crippen LogP contribution in [0.4, 0.5) is 5.88 Å². The van der Waals surface area contributed by atoms with Crippen LogP contribution in [0.5, 0.6) is 0 Å². The number of hydrogen-bond acceptors (Lipinski definition) is 4. The molecule has 0 amide bonds. The van der Waals surface area contributed by atoms with Gasteiger partial charge in [0.05, 0.1) is 11.5 Å². The largest absolute Gasteiger partial charge is 0.449 e. The number of nitrogens with zero attached hydrogens (tertiary/aromatic N) is 2. The minimum atomic E-state index is -3.10. The molecule has 2 aliphatic rings. The van der Waals surface area contributed by atoms with Gasteiger partial charge >= 0.3 is 0 Å². The third-order valence-electron chi connectivity index (χ3n) is 4.39. The summed E-state index contributed by atoms with van der Waals surface area (Å²) in [6.07, 6.45) is 6.60. The summed E-state index contributed by atoms with van der Waals surface area (Å²) in [7, 11) is -3.10. The Morgan fingerprint density at radius 3 is 2.35 bits per heavy atom. The highest BCUT2D eigenvalue weighted by Crippen LogP contribution is 2.27. The van der Waals surface area contributed by atoms with Crippen LogP contribution in [0.25, 0.3) is 0 Å². The van der Waals surface area contributed by atoms with Crippen LogP contribution < -0.4 is 4.90 Å². The molecule has 1 aromatic heterocycles. The van der Waals surface area contributed by atoms with E-state index in [0.29, 0.717) is 26.2 Å². The van der Waals surface area contributed by atoms with Crippen molar-refractivity contribution < 1.29 is 12.8 Å². The van der Waals surface area contributed by atoms with Gasteiger partial charge in [-0.25, -0.2) is 8.42 Å². The van der Waals surface area contributed by atoms with E-state index in [1.807, 2.05) is 12.1 Å². The summed E-state index contributed by atoms with van der Waals surface area (Å²) in [6.45, 7) is 2.55. The summed E-state index contributed by atoms with van der Waals surface area (Å²) >= 11 is 0. The monoisotopic (exact) mass is 298 g/mol. The van der Waals surface area contributed by atoms with E-state index >= 15 is 0 Å². The Hall–Kier alpha value is -1.01. The summed E-state index contributed by atoms with van der Waals surface area (Å²) < 4.78 is 32.3. The zero-order valence-electron chi connectivity index (χ0n) is 11.7. The van der Waals surface area contributed by atoms with Gasteiger partial charge in [0.15, 0.2) is 5.88 Å². The van der Waals surface area contributed by atoms with Gasteiger partial charge in [0, 0.05) is 32.2 Å². The van der Waals surface area contributed by atoms with Crippen LogP contribution in [-0.2, 0) is 10.0 Å². The van der Waals surface area contributed by atoms with Crippen LogP contribution >= 0.6 is 0 Å². The van der Waals surface area contributed by atoms with Gasteiger partial charge in [-0.05, 0) is 18.9 Å². The number of furan rings is 1. The van der Waals surface area contributed by atoms with Gasteiger partial charge in [-0.2, -0.15) is 4.31 Å². The number of sulfonamides is 1. The Morgan fingerprint density at radius 1 is 1.05 bits per heavy atom. The Labute approximate surface area is 120 Å². The van der Waals surface area contributed by atoms with E-state index in [0.717, 1.165) is 31.6 Å². The first-order valence-corrected chi connectivity index (χ1v) is 8.96. The molecule has 1 saturated carbocycles. The predicted molar refractivity (Wildman–Crippen MR) is 78.3 cm³/mol. The molecule has 112 valence electrons. The van der Waals surface area contributed by atoms with Crippen LogP contribution in [0.3, 0.4) is 0 Å². The van der Waals surface area contributed by atoms with E-state index in [9.17, 15) is 8.42 Å². The molecule has 1 aromatic rings. The first-order valence-electron chi connectivity index (χ1n) is 7.45. The lowest BCUT2D eigenvalue weighted by atomic mass is 10.0. The molecule has 2 heterocycles.